The summed E-state index contributed by atoms with van der Waals surface area (Å²) in [5, 5.41) is 3.61. The molecular formula is C14H31N. The van der Waals surface area contributed by atoms with Crippen LogP contribution in [0.4, 0.5) is 0 Å². The molecular weight excluding hydrogens is 182 g/mol. The zero-order valence-electron chi connectivity index (χ0n) is 11.1. The first-order valence-electron chi connectivity index (χ1n) is 7.08. The van der Waals surface area contributed by atoms with Gasteiger partial charge in [0, 0.05) is 6.04 Å². The second-order valence-electron chi connectivity index (χ2n) is 4.60. The monoisotopic (exact) mass is 213 g/mol. The van der Waals surface area contributed by atoms with E-state index >= 15 is 0 Å². The lowest BCUT2D eigenvalue weighted by Gasteiger charge is -2.17. The molecule has 0 rings (SSSR count). The Bertz CT molecular complexity index is 112. The van der Waals surface area contributed by atoms with Crippen molar-refractivity contribution in [2.24, 2.45) is 0 Å². The normalized spacial score (nSPS) is 13.0. The van der Waals surface area contributed by atoms with E-state index in [-0.39, 0.29) is 0 Å². The van der Waals surface area contributed by atoms with E-state index in [2.05, 4.69) is 26.1 Å². The van der Waals surface area contributed by atoms with Gasteiger partial charge in [-0.3, -0.25) is 0 Å². The smallest absolute Gasteiger partial charge is 0.00669 e. The van der Waals surface area contributed by atoms with E-state index in [1.54, 1.807) is 0 Å². The second kappa shape index (κ2) is 12.0. The summed E-state index contributed by atoms with van der Waals surface area (Å²) >= 11 is 0. The van der Waals surface area contributed by atoms with Crippen LogP contribution in [0, 0.1) is 0 Å². The molecule has 0 aliphatic rings. The van der Waals surface area contributed by atoms with E-state index in [1.807, 2.05) is 0 Å². The molecule has 1 unspecified atom stereocenters. The van der Waals surface area contributed by atoms with Gasteiger partial charge in [-0.25, -0.2) is 0 Å². The summed E-state index contributed by atoms with van der Waals surface area (Å²) in [6.45, 7) is 7.91. The minimum atomic E-state index is 0.788. The van der Waals surface area contributed by atoms with E-state index in [1.165, 1.54) is 57.8 Å². The van der Waals surface area contributed by atoms with Crippen molar-refractivity contribution in [3.63, 3.8) is 0 Å². The largest absolute Gasteiger partial charge is 0.314 e. The number of rotatable bonds is 11. The first-order valence-corrected chi connectivity index (χ1v) is 7.08. The van der Waals surface area contributed by atoms with Crippen LogP contribution in [0.25, 0.3) is 0 Å². The summed E-state index contributed by atoms with van der Waals surface area (Å²) < 4.78 is 0. The zero-order chi connectivity index (χ0) is 11.4. The average Bonchev–Trinajstić information content (AvgIpc) is 2.25. The first-order chi connectivity index (χ1) is 7.35. The summed E-state index contributed by atoms with van der Waals surface area (Å²) in [5.41, 5.74) is 0. The Morgan fingerprint density at radius 3 is 1.93 bits per heavy atom. The molecule has 15 heavy (non-hydrogen) atoms. The molecule has 0 aromatic heterocycles. The van der Waals surface area contributed by atoms with E-state index in [0.717, 1.165) is 12.6 Å². The quantitative estimate of drug-likeness (QED) is 0.498. The average molecular weight is 213 g/mol. The Morgan fingerprint density at radius 2 is 1.33 bits per heavy atom. The maximum absolute atomic E-state index is 3.61. The maximum atomic E-state index is 3.61. The van der Waals surface area contributed by atoms with Crippen LogP contribution in [0.15, 0.2) is 0 Å². The number of nitrogens with one attached hydrogen (secondary N) is 1. The fraction of sp³-hybridized carbons (Fsp3) is 1.00. The van der Waals surface area contributed by atoms with Crippen LogP contribution in [0.1, 0.15) is 78.6 Å². The Morgan fingerprint density at radius 1 is 0.733 bits per heavy atom. The molecule has 0 radical (unpaired) electrons. The van der Waals surface area contributed by atoms with Gasteiger partial charge in [-0.05, 0) is 19.4 Å². The van der Waals surface area contributed by atoms with Crippen molar-refractivity contribution < 1.29 is 0 Å². The van der Waals surface area contributed by atoms with E-state index in [4.69, 9.17) is 0 Å². The van der Waals surface area contributed by atoms with Crippen molar-refractivity contribution in [1.82, 2.24) is 5.32 Å². The van der Waals surface area contributed by atoms with Crippen molar-refractivity contribution in [2.45, 2.75) is 84.6 Å². The molecule has 0 saturated heterocycles. The van der Waals surface area contributed by atoms with Gasteiger partial charge in [-0.2, -0.15) is 0 Å². The molecule has 0 spiro atoms. The minimum absolute atomic E-state index is 0.788. The van der Waals surface area contributed by atoms with Crippen LogP contribution in [0.3, 0.4) is 0 Å². The first kappa shape index (κ1) is 15.0. The third-order valence-electron chi connectivity index (χ3n) is 3.06. The highest BCUT2D eigenvalue weighted by atomic mass is 14.9. The van der Waals surface area contributed by atoms with Gasteiger partial charge in [0.1, 0.15) is 0 Å². The van der Waals surface area contributed by atoms with Crippen molar-refractivity contribution in [3.05, 3.63) is 0 Å². The number of unbranched alkanes of at least 4 members (excludes halogenated alkanes) is 5. The predicted octanol–water partition coefficient (Wildman–Crippen LogP) is 4.52. The van der Waals surface area contributed by atoms with Crippen LogP contribution in [0.5, 0.6) is 0 Å². The fourth-order valence-corrected chi connectivity index (χ4v) is 2.08. The van der Waals surface area contributed by atoms with Crippen molar-refractivity contribution >= 4 is 0 Å². The van der Waals surface area contributed by atoms with Crippen LogP contribution in [-0.2, 0) is 0 Å². The molecule has 1 N–H and O–H groups in total. The van der Waals surface area contributed by atoms with E-state index < -0.39 is 0 Å². The molecule has 1 atom stereocenters. The van der Waals surface area contributed by atoms with Crippen LogP contribution < -0.4 is 5.32 Å². The molecule has 0 heterocycles. The van der Waals surface area contributed by atoms with Crippen molar-refractivity contribution in [3.8, 4) is 0 Å². The number of hydrogen-bond acceptors (Lipinski definition) is 1. The highest BCUT2D eigenvalue weighted by molar-refractivity contribution is 4.65. The summed E-state index contributed by atoms with van der Waals surface area (Å²) in [6, 6.07) is 0.788. The fourth-order valence-electron chi connectivity index (χ4n) is 2.08. The third-order valence-corrected chi connectivity index (χ3v) is 3.06. The molecule has 92 valence electrons. The van der Waals surface area contributed by atoms with Gasteiger partial charge in [0.05, 0.1) is 0 Å². The molecule has 0 aliphatic heterocycles. The topological polar surface area (TPSA) is 12.0 Å². The molecule has 1 nitrogen and oxygen atoms in total. The Hall–Kier alpha value is -0.0400. The van der Waals surface area contributed by atoms with Crippen molar-refractivity contribution in [1.29, 1.82) is 0 Å². The molecule has 0 bridgehead atoms. The Balaban J connectivity index is 3.38. The van der Waals surface area contributed by atoms with Crippen molar-refractivity contribution in [2.75, 3.05) is 6.54 Å². The van der Waals surface area contributed by atoms with Crippen LogP contribution in [0.2, 0.25) is 0 Å². The standard InChI is InChI=1S/C14H31N/c1-4-7-9-10-11-13-14(15-6-3)12-8-5-2/h14-15H,4-13H2,1-3H3. The van der Waals surface area contributed by atoms with Gasteiger partial charge in [0.15, 0.2) is 0 Å². The minimum Gasteiger partial charge on any atom is -0.314 e. The Labute approximate surface area is 97.0 Å². The van der Waals surface area contributed by atoms with Gasteiger partial charge >= 0.3 is 0 Å². The molecule has 0 aliphatic carbocycles. The molecule has 0 aromatic rings. The molecule has 0 fully saturated rings. The highest BCUT2D eigenvalue weighted by Crippen LogP contribution is 2.11. The van der Waals surface area contributed by atoms with Crippen LogP contribution >= 0.6 is 0 Å². The SMILES string of the molecule is CCCCCCCC(CCCC)NCC. The van der Waals surface area contributed by atoms with E-state index in [0.29, 0.717) is 0 Å². The van der Waals surface area contributed by atoms with Gasteiger partial charge in [-0.15, -0.1) is 0 Å². The van der Waals surface area contributed by atoms with Gasteiger partial charge < -0.3 is 5.32 Å². The second-order valence-corrected chi connectivity index (χ2v) is 4.60. The Kier molecular flexibility index (Phi) is 12.0. The van der Waals surface area contributed by atoms with E-state index in [9.17, 15) is 0 Å². The lowest BCUT2D eigenvalue weighted by molar-refractivity contribution is 0.428. The summed E-state index contributed by atoms with van der Waals surface area (Å²) in [4.78, 5) is 0. The molecule has 0 saturated carbocycles. The third kappa shape index (κ3) is 10.2. The lowest BCUT2D eigenvalue weighted by atomic mass is 10.0. The van der Waals surface area contributed by atoms with Gasteiger partial charge in [0.2, 0.25) is 0 Å². The summed E-state index contributed by atoms with van der Waals surface area (Å²) in [7, 11) is 0. The summed E-state index contributed by atoms with van der Waals surface area (Å²) in [5.74, 6) is 0. The molecule has 0 amide bonds. The number of hydrogen-bond donors (Lipinski definition) is 1. The maximum Gasteiger partial charge on any atom is 0.00669 e. The molecule has 1 heteroatoms. The van der Waals surface area contributed by atoms with Gasteiger partial charge in [0.25, 0.3) is 0 Å². The van der Waals surface area contributed by atoms with Crippen LogP contribution in [-0.4, -0.2) is 12.6 Å². The highest BCUT2D eigenvalue weighted by Gasteiger charge is 2.05. The molecule has 0 aromatic carbocycles. The van der Waals surface area contributed by atoms with Gasteiger partial charge in [-0.1, -0.05) is 65.7 Å². The zero-order valence-corrected chi connectivity index (χ0v) is 11.1. The summed E-state index contributed by atoms with van der Waals surface area (Å²) in [6.07, 6.45) is 12.5. The predicted molar refractivity (Wildman–Crippen MR) is 70.4 cm³/mol. The lowest BCUT2D eigenvalue weighted by Crippen LogP contribution is -2.28.